The molecule has 1 aliphatic heterocycles. The molecule has 1 heterocycles. The largest absolute Gasteiger partial charge is 0.480 e. The van der Waals surface area contributed by atoms with E-state index in [1.165, 1.54) is 0 Å². The van der Waals surface area contributed by atoms with Crippen LogP contribution in [0, 0.1) is 5.92 Å². The van der Waals surface area contributed by atoms with Gasteiger partial charge < -0.3 is 20.5 Å². The number of rotatable bonds is 6. The number of hydrogen-bond donors (Lipinski definition) is 3. The maximum absolute atomic E-state index is 12.2. The molecule has 1 fully saturated rings. The standard InChI is InChI=1S/C15H20N2O4/c1-16-13-9-21-8-11(13)14(18)17-12(15(19)20)7-10-5-3-2-4-6-10/h2-6,11-13,16H,7-9H2,1H3,(H,17,18)(H,19,20)/t11?,12-,13?/m0/s1. The smallest absolute Gasteiger partial charge is 0.326 e. The maximum atomic E-state index is 12.2. The molecule has 1 aromatic rings. The van der Waals surface area contributed by atoms with Gasteiger partial charge in [-0.3, -0.25) is 4.79 Å². The van der Waals surface area contributed by atoms with Crippen molar-refractivity contribution in [1.29, 1.82) is 0 Å². The van der Waals surface area contributed by atoms with Crippen molar-refractivity contribution in [2.24, 2.45) is 5.92 Å². The molecule has 0 spiro atoms. The van der Waals surface area contributed by atoms with Gasteiger partial charge in [-0.1, -0.05) is 30.3 Å². The van der Waals surface area contributed by atoms with Crippen molar-refractivity contribution in [2.45, 2.75) is 18.5 Å². The first-order valence-corrected chi connectivity index (χ1v) is 6.94. The average Bonchev–Trinajstić information content (AvgIpc) is 2.96. The number of carbonyl (C=O) groups excluding carboxylic acids is 1. The fourth-order valence-corrected chi connectivity index (χ4v) is 2.43. The van der Waals surface area contributed by atoms with Gasteiger partial charge in [-0.25, -0.2) is 4.79 Å². The molecule has 1 amide bonds. The second-order valence-corrected chi connectivity index (χ2v) is 5.13. The third-order valence-corrected chi connectivity index (χ3v) is 3.69. The topological polar surface area (TPSA) is 87.7 Å². The molecule has 1 aromatic carbocycles. The Labute approximate surface area is 123 Å². The number of benzene rings is 1. The van der Waals surface area contributed by atoms with E-state index in [0.717, 1.165) is 5.56 Å². The van der Waals surface area contributed by atoms with Crippen LogP contribution < -0.4 is 10.6 Å². The van der Waals surface area contributed by atoms with Crippen molar-refractivity contribution in [1.82, 2.24) is 10.6 Å². The number of carboxylic acid groups (broad SMARTS) is 1. The summed E-state index contributed by atoms with van der Waals surface area (Å²) in [6.07, 6.45) is 0.264. The molecule has 1 aliphatic rings. The van der Waals surface area contributed by atoms with Crippen molar-refractivity contribution >= 4 is 11.9 Å². The minimum Gasteiger partial charge on any atom is -0.480 e. The fraction of sp³-hybridized carbons (Fsp3) is 0.467. The number of aliphatic carboxylic acids is 1. The second kappa shape index (κ2) is 7.19. The van der Waals surface area contributed by atoms with Crippen LogP contribution in [-0.4, -0.2) is 49.3 Å². The van der Waals surface area contributed by atoms with E-state index in [0.29, 0.717) is 13.2 Å². The summed E-state index contributed by atoms with van der Waals surface area (Å²) in [5.41, 5.74) is 0.873. The lowest BCUT2D eigenvalue weighted by molar-refractivity contribution is -0.142. The molecule has 0 bridgehead atoms. The van der Waals surface area contributed by atoms with Gasteiger partial charge in [0.25, 0.3) is 0 Å². The molecule has 0 saturated carbocycles. The van der Waals surface area contributed by atoms with Crippen LogP contribution in [0.3, 0.4) is 0 Å². The van der Waals surface area contributed by atoms with Gasteiger partial charge in [0.1, 0.15) is 6.04 Å². The van der Waals surface area contributed by atoms with Crippen LogP contribution in [0.15, 0.2) is 30.3 Å². The van der Waals surface area contributed by atoms with Crippen LogP contribution in [0.2, 0.25) is 0 Å². The second-order valence-electron chi connectivity index (χ2n) is 5.13. The third kappa shape index (κ3) is 4.03. The molecular weight excluding hydrogens is 272 g/mol. The number of ether oxygens (including phenoxy) is 1. The van der Waals surface area contributed by atoms with Crippen molar-refractivity contribution in [3.63, 3.8) is 0 Å². The van der Waals surface area contributed by atoms with Crippen LogP contribution in [0.5, 0.6) is 0 Å². The summed E-state index contributed by atoms with van der Waals surface area (Å²) in [6.45, 7) is 0.778. The zero-order chi connectivity index (χ0) is 15.2. The van der Waals surface area contributed by atoms with Gasteiger partial charge in [-0.2, -0.15) is 0 Å². The Balaban J connectivity index is 1.99. The Kier molecular flexibility index (Phi) is 5.30. The predicted octanol–water partition coefficient (Wildman–Crippen LogP) is 0.0329. The van der Waals surface area contributed by atoms with E-state index in [4.69, 9.17) is 4.74 Å². The van der Waals surface area contributed by atoms with Gasteiger partial charge in [-0.15, -0.1) is 0 Å². The van der Waals surface area contributed by atoms with E-state index in [9.17, 15) is 14.7 Å². The van der Waals surface area contributed by atoms with Crippen molar-refractivity contribution in [3.05, 3.63) is 35.9 Å². The molecule has 6 nitrogen and oxygen atoms in total. The molecule has 2 rings (SSSR count). The molecule has 114 valence electrons. The number of nitrogens with one attached hydrogen (secondary N) is 2. The Morgan fingerprint density at radius 1 is 1.33 bits per heavy atom. The SMILES string of the molecule is CNC1COCC1C(=O)N[C@@H](Cc1ccccc1)C(=O)O. The summed E-state index contributed by atoms with van der Waals surface area (Å²) in [7, 11) is 1.76. The van der Waals surface area contributed by atoms with Gasteiger partial charge >= 0.3 is 5.97 Å². The molecule has 0 radical (unpaired) electrons. The molecule has 6 heteroatoms. The molecule has 0 aliphatic carbocycles. The lowest BCUT2D eigenvalue weighted by Crippen LogP contribution is -2.49. The van der Waals surface area contributed by atoms with E-state index >= 15 is 0 Å². The van der Waals surface area contributed by atoms with E-state index in [-0.39, 0.29) is 24.3 Å². The van der Waals surface area contributed by atoms with Crippen molar-refractivity contribution in [2.75, 3.05) is 20.3 Å². The monoisotopic (exact) mass is 292 g/mol. The van der Waals surface area contributed by atoms with Crippen molar-refractivity contribution < 1.29 is 19.4 Å². The van der Waals surface area contributed by atoms with Crippen LogP contribution in [0.4, 0.5) is 0 Å². The highest BCUT2D eigenvalue weighted by Crippen LogP contribution is 2.14. The Hall–Kier alpha value is -1.92. The molecule has 21 heavy (non-hydrogen) atoms. The molecule has 0 aromatic heterocycles. The number of likely N-dealkylation sites (N-methyl/N-ethyl adjacent to an activating group) is 1. The van der Waals surface area contributed by atoms with Crippen LogP contribution in [0.1, 0.15) is 5.56 Å². The molecule has 3 N–H and O–H groups in total. The van der Waals surface area contributed by atoms with Crippen LogP contribution in [0.25, 0.3) is 0 Å². The van der Waals surface area contributed by atoms with Crippen molar-refractivity contribution in [3.8, 4) is 0 Å². The first-order valence-electron chi connectivity index (χ1n) is 6.94. The van der Waals surface area contributed by atoms with E-state index < -0.39 is 12.0 Å². The summed E-state index contributed by atoms with van der Waals surface area (Å²) in [6, 6.07) is 8.24. The summed E-state index contributed by atoms with van der Waals surface area (Å²) in [5.74, 6) is -1.67. The minimum atomic E-state index is -1.04. The zero-order valence-electron chi connectivity index (χ0n) is 11.9. The van der Waals surface area contributed by atoms with E-state index in [1.807, 2.05) is 30.3 Å². The molecule has 1 saturated heterocycles. The number of carbonyl (C=O) groups is 2. The number of carboxylic acids is 1. The lowest BCUT2D eigenvalue weighted by atomic mass is 10.0. The highest BCUT2D eigenvalue weighted by molar-refractivity contribution is 5.85. The first kappa shape index (κ1) is 15.5. The zero-order valence-corrected chi connectivity index (χ0v) is 11.9. The summed E-state index contributed by atoms with van der Waals surface area (Å²) >= 11 is 0. The Morgan fingerprint density at radius 2 is 2.05 bits per heavy atom. The highest BCUT2D eigenvalue weighted by Gasteiger charge is 2.34. The van der Waals surface area contributed by atoms with E-state index in [2.05, 4.69) is 10.6 Å². The highest BCUT2D eigenvalue weighted by atomic mass is 16.5. The summed E-state index contributed by atoms with van der Waals surface area (Å²) in [5, 5.41) is 14.9. The van der Waals surface area contributed by atoms with Gasteiger partial charge in [0.15, 0.2) is 0 Å². The number of amides is 1. The molecule has 3 atom stereocenters. The van der Waals surface area contributed by atoms with Crippen LogP contribution in [-0.2, 0) is 20.7 Å². The molecular formula is C15H20N2O4. The van der Waals surface area contributed by atoms with Gasteiger partial charge in [-0.05, 0) is 12.6 Å². The Morgan fingerprint density at radius 3 is 2.67 bits per heavy atom. The fourth-order valence-electron chi connectivity index (χ4n) is 2.43. The quantitative estimate of drug-likeness (QED) is 0.689. The normalized spacial score (nSPS) is 22.7. The van der Waals surface area contributed by atoms with Gasteiger partial charge in [0.2, 0.25) is 5.91 Å². The Bertz CT molecular complexity index is 492. The van der Waals surface area contributed by atoms with Crippen LogP contribution >= 0.6 is 0 Å². The minimum absolute atomic E-state index is 0.0730. The maximum Gasteiger partial charge on any atom is 0.326 e. The number of hydrogen-bond acceptors (Lipinski definition) is 4. The summed E-state index contributed by atoms with van der Waals surface area (Å²) in [4.78, 5) is 23.6. The lowest BCUT2D eigenvalue weighted by Gasteiger charge is -2.20. The van der Waals surface area contributed by atoms with Gasteiger partial charge in [0, 0.05) is 12.5 Å². The average molecular weight is 292 g/mol. The summed E-state index contributed by atoms with van der Waals surface area (Å²) < 4.78 is 5.27. The third-order valence-electron chi connectivity index (χ3n) is 3.69. The predicted molar refractivity (Wildman–Crippen MR) is 76.9 cm³/mol. The molecule has 2 unspecified atom stereocenters. The van der Waals surface area contributed by atoms with Gasteiger partial charge in [0.05, 0.1) is 19.1 Å². The first-order chi connectivity index (χ1) is 10.1. The van der Waals surface area contributed by atoms with E-state index in [1.54, 1.807) is 7.05 Å².